The predicted molar refractivity (Wildman–Crippen MR) is 59.2 cm³/mol. The number of ether oxygens (including phenoxy) is 2. The smallest absolute Gasteiger partial charge is 0.163 e. The van der Waals surface area contributed by atoms with Crippen molar-refractivity contribution in [1.82, 2.24) is 0 Å². The van der Waals surface area contributed by atoms with Crippen LogP contribution < -0.4 is 9.47 Å². The number of ketones is 1. The Morgan fingerprint density at radius 2 is 1.94 bits per heavy atom. The fraction of sp³-hybridized carbons (Fsp3) is 0.333. The number of benzene rings is 1. The minimum atomic E-state index is -0.0759. The molecule has 0 saturated heterocycles. The average molecular weight is 222 g/mol. The molecule has 0 atom stereocenters. The van der Waals surface area contributed by atoms with Gasteiger partial charge in [-0.2, -0.15) is 0 Å². The Labute approximate surface area is 94.2 Å². The van der Waals surface area contributed by atoms with Crippen molar-refractivity contribution in [1.29, 1.82) is 0 Å². The van der Waals surface area contributed by atoms with E-state index >= 15 is 0 Å². The van der Waals surface area contributed by atoms with E-state index in [9.17, 15) is 9.59 Å². The Balaban J connectivity index is 2.89. The van der Waals surface area contributed by atoms with Crippen LogP contribution in [0.4, 0.5) is 0 Å². The van der Waals surface area contributed by atoms with E-state index in [4.69, 9.17) is 9.47 Å². The molecule has 0 unspecified atom stereocenters. The summed E-state index contributed by atoms with van der Waals surface area (Å²) in [4.78, 5) is 21.8. The van der Waals surface area contributed by atoms with Gasteiger partial charge in [0.25, 0.3) is 0 Å². The molecule has 0 aliphatic carbocycles. The van der Waals surface area contributed by atoms with E-state index in [0.717, 1.165) is 6.29 Å². The van der Waals surface area contributed by atoms with Crippen LogP contribution >= 0.6 is 0 Å². The summed E-state index contributed by atoms with van der Waals surface area (Å²) in [5, 5.41) is 0. The molecule has 0 radical (unpaired) electrons. The largest absolute Gasteiger partial charge is 0.493 e. The zero-order valence-electron chi connectivity index (χ0n) is 9.36. The van der Waals surface area contributed by atoms with Gasteiger partial charge in [-0.1, -0.05) is 0 Å². The van der Waals surface area contributed by atoms with Crippen LogP contribution in [0, 0.1) is 0 Å². The summed E-state index contributed by atoms with van der Waals surface area (Å²) in [6.07, 6.45) is 1.20. The van der Waals surface area contributed by atoms with Crippen molar-refractivity contribution in [2.75, 3.05) is 14.2 Å². The molecule has 0 aromatic heterocycles. The normalized spacial score (nSPS) is 9.62. The Hall–Kier alpha value is -1.84. The van der Waals surface area contributed by atoms with Gasteiger partial charge in [-0.15, -0.1) is 0 Å². The second-order valence-corrected chi connectivity index (χ2v) is 3.20. The first kappa shape index (κ1) is 12.2. The third kappa shape index (κ3) is 2.82. The van der Waals surface area contributed by atoms with Crippen molar-refractivity contribution in [3.63, 3.8) is 0 Å². The van der Waals surface area contributed by atoms with Gasteiger partial charge in [-0.3, -0.25) is 4.79 Å². The molecule has 0 bridgehead atoms. The Bertz CT molecular complexity index is 385. The maximum absolute atomic E-state index is 11.6. The van der Waals surface area contributed by atoms with Crippen LogP contribution in [-0.4, -0.2) is 26.3 Å². The van der Waals surface area contributed by atoms with E-state index < -0.39 is 0 Å². The van der Waals surface area contributed by atoms with Crippen molar-refractivity contribution in [3.8, 4) is 11.5 Å². The summed E-state index contributed by atoms with van der Waals surface area (Å²) in [5.74, 6) is 1.02. The second-order valence-electron chi connectivity index (χ2n) is 3.20. The lowest BCUT2D eigenvalue weighted by Crippen LogP contribution is -2.00. The van der Waals surface area contributed by atoms with Crippen LogP contribution in [0.15, 0.2) is 18.2 Å². The molecule has 4 nitrogen and oxygen atoms in total. The monoisotopic (exact) mass is 222 g/mol. The van der Waals surface area contributed by atoms with Crippen molar-refractivity contribution < 1.29 is 19.1 Å². The van der Waals surface area contributed by atoms with Gasteiger partial charge in [0.05, 0.1) is 14.2 Å². The Kier molecular flexibility index (Phi) is 4.51. The highest BCUT2D eigenvalue weighted by Crippen LogP contribution is 2.27. The highest BCUT2D eigenvalue weighted by molar-refractivity contribution is 5.97. The first-order chi connectivity index (χ1) is 7.72. The fourth-order valence-corrected chi connectivity index (χ4v) is 1.34. The lowest BCUT2D eigenvalue weighted by molar-refractivity contribution is -0.107. The van der Waals surface area contributed by atoms with Gasteiger partial charge in [0.15, 0.2) is 17.3 Å². The molecule has 4 heteroatoms. The second kappa shape index (κ2) is 5.90. The molecule has 16 heavy (non-hydrogen) atoms. The molecule has 0 aliphatic heterocycles. The third-order valence-electron chi connectivity index (χ3n) is 2.19. The number of hydrogen-bond donors (Lipinski definition) is 0. The number of carbonyl (C=O) groups excluding carboxylic acids is 2. The summed E-state index contributed by atoms with van der Waals surface area (Å²) in [6, 6.07) is 4.95. The van der Waals surface area contributed by atoms with E-state index in [2.05, 4.69) is 0 Å². The molecule has 0 aliphatic rings. The number of rotatable bonds is 6. The van der Waals surface area contributed by atoms with Crippen LogP contribution in [0.25, 0.3) is 0 Å². The Morgan fingerprint density at radius 3 is 2.50 bits per heavy atom. The standard InChI is InChI=1S/C12H14O4/c1-15-11-6-5-9(8-12(11)16-2)10(14)4-3-7-13/h5-8H,3-4H2,1-2H3. The maximum atomic E-state index is 11.6. The number of aldehydes is 1. The molecule has 86 valence electrons. The molecular weight excluding hydrogens is 208 g/mol. The minimum absolute atomic E-state index is 0.0759. The Morgan fingerprint density at radius 1 is 1.25 bits per heavy atom. The molecule has 0 fully saturated rings. The fourth-order valence-electron chi connectivity index (χ4n) is 1.34. The van der Waals surface area contributed by atoms with E-state index in [1.807, 2.05) is 0 Å². The quantitative estimate of drug-likeness (QED) is 0.544. The highest BCUT2D eigenvalue weighted by atomic mass is 16.5. The number of methoxy groups -OCH3 is 2. The molecule has 0 saturated carbocycles. The van der Waals surface area contributed by atoms with Gasteiger partial charge in [0, 0.05) is 18.4 Å². The molecule has 0 heterocycles. The zero-order chi connectivity index (χ0) is 12.0. The molecule has 1 aromatic rings. The van der Waals surface area contributed by atoms with E-state index in [-0.39, 0.29) is 18.6 Å². The summed E-state index contributed by atoms with van der Waals surface area (Å²) >= 11 is 0. The van der Waals surface area contributed by atoms with Crippen LogP contribution in [0.1, 0.15) is 23.2 Å². The van der Waals surface area contributed by atoms with Crippen molar-refractivity contribution in [3.05, 3.63) is 23.8 Å². The molecule has 0 spiro atoms. The molecule has 0 amide bonds. The van der Waals surface area contributed by atoms with Crippen LogP contribution in [0.3, 0.4) is 0 Å². The zero-order valence-corrected chi connectivity index (χ0v) is 9.36. The first-order valence-corrected chi connectivity index (χ1v) is 4.91. The van der Waals surface area contributed by atoms with E-state index in [1.54, 1.807) is 18.2 Å². The topological polar surface area (TPSA) is 52.6 Å². The van der Waals surface area contributed by atoms with Gasteiger partial charge in [0.2, 0.25) is 0 Å². The van der Waals surface area contributed by atoms with Gasteiger partial charge >= 0.3 is 0 Å². The summed E-state index contributed by atoms with van der Waals surface area (Å²) in [5.41, 5.74) is 0.527. The lowest BCUT2D eigenvalue weighted by atomic mass is 10.1. The van der Waals surface area contributed by atoms with E-state index in [1.165, 1.54) is 14.2 Å². The summed E-state index contributed by atoms with van der Waals surface area (Å²) in [6.45, 7) is 0. The third-order valence-corrected chi connectivity index (χ3v) is 2.19. The van der Waals surface area contributed by atoms with Gasteiger partial charge < -0.3 is 14.3 Å². The SMILES string of the molecule is COc1ccc(C(=O)CCC=O)cc1OC. The number of hydrogen-bond acceptors (Lipinski definition) is 4. The minimum Gasteiger partial charge on any atom is -0.493 e. The summed E-state index contributed by atoms with van der Waals surface area (Å²) < 4.78 is 10.1. The van der Waals surface area contributed by atoms with Crippen molar-refractivity contribution >= 4 is 12.1 Å². The van der Waals surface area contributed by atoms with Crippen LogP contribution in [0.5, 0.6) is 11.5 Å². The van der Waals surface area contributed by atoms with Crippen LogP contribution in [0.2, 0.25) is 0 Å². The first-order valence-electron chi connectivity index (χ1n) is 4.91. The van der Waals surface area contributed by atoms with Crippen molar-refractivity contribution in [2.45, 2.75) is 12.8 Å². The number of carbonyl (C=O) groups is 2. The summed E-state index contributed by atoms with van der Waals surface area (Å²) in [7, 11) is 3.04. The molecule has 1 rings (SSSR count). The lowest BCUT2D eigenvalue weighted by Gasteiger charge is -2.08. The molecule has 0 N–H and O–H groups in total. The van der Waals surface area contributed by atoms with Crippen LogP contribution in [-0.2, 0) is 4.79 Å². The van der Waals surface area contributed by atoms with Gasteiger partial charge in [-0.25, -0.2) is 0 Å². The van der Waals surface area contributed by atoms with Gasteiger partial charge in [0.1, 0.15) is 6.29 Å². The number of Topliss-reactive ketones (excluding diaryl/α,β-unsaturated/α-hetero) is 1. The highest BCUT2D eigenvalue weighted by Gasteiger charge is 2.10. The average Bonchev–Trinajstić information content (AvgIpc) is 2.34. The van der Waals surface area contributed by atoms with E-state index in [0.29, 0.717) is 17.1 Å². The molecular formula is C12H14O4. The molecule has 1 aromatic carbocycles. The maximum Gasteiger partial charge on any atom is 0.163 e. The van der Waals surface area contributed by atoms with Crippen molar-refractivity contribution in [2.24, 2.45) is 0 Å². The predicted octanol–water partition coefficient (Wildman–Crippen LogP) is 1.87. The van der Waals surface area contributed by atoms with Gasteiger partial charge in [-0.05, 0) is 18.2 Å².